The van der Waals surface area contributed by atoms with Crippen LogP contribution in [-0.4, -0.2) is 17.2 Å². The molecule has 0 fully saturated rings. The van der Waals surface area contributed by atoms with Gasteiger partial charge in [-0.1, -0.05) is 18.2 Å². The monoisotopic (exact) mass is 248 g/mol. The summed E-state index contributed by atoms with van der Waals surface area (Å²) in [4.78, 5) is 0.969. The minimum Gasteiger partial charge on any atom is -0.488 e. The van der Waals surface area contributed by atoms with E-state index in [-0.39, 0.29) is 0 Å². The van der Waals surface area contributed by atoms with Gasteiger partial charge in [0.1, 0.15) is 12.4 Å². The fraction of sp³-hybridized carbons (Fsp3) is 0.167. The Morgan fingerprint density at radius 1 is 1.29 bits per heavy atom. The van der Waals surface area contributed by atoms with Crippen molar-refractivity contribution >= 4 is 23.9 Å². The minimum atomic E-state index is -1.40. The number of rotatable bonds is 4. The second kappa shape index (κ2) is 5.36. The zero-order chi connectivity index (χ0) is 12.3. The average molecular weight is 248 g/mol. The van der Waals surface area contributed by atoms with Crippen molar-refractivity contribution in [2.24, 2.45) is 0 Å². The second-order valence-electron chi connectivity index (χ2n) is 3.77. The van der Waals surface area contributed by atoms with Gasteiger partial charge >= 0.3 is 7.12 Å². The molecule has 0 bridgehead atoms. The molecule has 2 rings (SSSR count). The van der Waals surface area contributed by atoms with Gasteiger partial charge in [0.25, 0.3) is 0 Å². The molecule has 0 saturated heterocycles. The molecule has 0 amide bonds. The first kappa shape index (κ1) is 12.2. The third-order valence-electron chi connectivity index (χ3n) is 2.44. The molecular formula is C12H13BO3S. The molecule has 0 aliphatic heterocycles. The van der Waals surface area contributed by atoms with Crippen LogP contribution in [0.5, 0.6) is 5.75 Å². The summed E-state index contributed by atoms with van der Waals surface area (Å²) < 4.78 is 5.66. The molecule has 17 heavy (non-hydrogen) atoms. The molecule has 0 atom stereocenters. The van der Waals surface area contributed by atoms with Crippen LogP contribution in [0.3, 0.4) is 0 Å². The molecule has 0 aliphatic carbocycles. The smallest absolute Gasteiger partial charge is 0.488 e. The van der Waals surface area contributed by atoms with Gasteiger partial charge in [-0.05, 0) is 35.5 Å². The summed E-state index contributed by atoms with van der Waals surface area (Å²) in [5.41, 5.74) is 1.60. The number of para-hydroxylation sites is 1. The lowest BCUT2D eigenvalue weighted by Gasteiger charge is -2.07. The third-order valence-corrected chi connectivity index (χ3v) is 3.36. The van der Waals surface area contributed by atoms with E-state index in [1.807, 2.05) is 31.2 Å². The first-order valence-electron chi connectivity index (χ1n) is 5.28. The predicted octanol–water partition coefficient (Wildman–Crippen LogP) is 1.32. The van der Waals surface area contributed by atoms with E-state index >= 15 is 0 Å². The third kappa shape index (κ3) is 3.09. The summed E-state index contributed by atoms with van der Waals surface area (Å²) in [5.74, 6) is 0.854. The molecule has 0 spiro atoms. The molecule has 2 aromatic rings. The van der Waals surface area contributed by atoms with E-state index in [1.54, 1.807) is 11.4 Å². The summed E-state index contributed by atoms with van der Waals surface area (Å²) in [5, 5.41) is 19.7. The minimum absolute atomic E-state index is 0.447. The Morgan fingerprint density at radius 2 is 2.06 bits per heavy atom. The van der Waals surface area contributed by atoms with E-state index in [0.717, 1.165) is 16.2 Å². The van der Waals surface area contributed by atoms with Crippen molar-refractivity contribution in [1.82, 2.24) is 0 Å². The normalized spacial score (nSPS) is 10.3. The highest BCUT2D eigenvalue weighted by Crippen LogP contribution is 2.18. The molecule has 0 saturated carbocycles. The molecule has 0 radical (unpaired) electrons. The maximum absolute atomic E-state index is 8.99. The molecule has 2 N–H and O–H groups in total. The van der Waals surface area contributed by atoms with Crippen LogP contribution in [0.15, 0.2) is 35.7 Å². The van der Waals surface area contributed by atoms with E-state index in [9.17, 15) is 0 Å². The first-order valence-corrected chi connectivity index (χ1v) is 6.16. The van der Waals surface area contributed by atoms with Crippen molar-refractivity contribution in [3.63, 3.8) is 0 Å². The number of hydrogen-bond donors (Lipinski definition) is 2. The summed E-state index contributed by atoms with van der Waals surface area (Å²) in [6.45, 7) is 2.44. The van der Waals surface area contributed by atoms with Crippen LogP contribution in [0.25, 0.3) is 0 Å². The van der Waals surface area contributed by atoms with Crippen LogP contribution >= 0.6 is 11.3 Å². The number of hydrogen-bond acceptors (Lipinski definition) is 4. The number of aryl methyl sites for hydroxylation is 1. The Kier molecular flexibility index (Phi) is 3.84. The van der Waals surface area contributed by atoms with Crippen molar-refractivity contribution in [2.75, 3.05) is 0 Å². The molecule has 88 valence electrons. The van der Waals surface area contributed by atoms with Crippen molar-refractivity contribution in [1.29, 1.82) is 0 Å². The van der Waals surface area contributed by atoms with E-state index in [4.69, 9.17) is 14.8 Å². The summed E-state index contributed by atoms with van der Waals surface area (Å²) in [6.07, 6.45) is 0. The fourth-order valence-electron chi connectivity index (χ4n) is 1.48. The first-order chi connectivity index (χ1) is 8.16. The molecule has 0 unspecified atom stereocenters. The Balaban J connectivity index is 2.00. The van der Waals surface area contributed by atoms with E-state index in [0.29, 0.717) is 12.1 Å². The van der Waals surface area contributed by atoms with Crippen molar-refractivity contribution in [2.45, 2.75) is 13.5 Å². The second-order valence-corrected chi connectivity index (χ2v) is 4.77. The van der Waals surface area contributed by atoms with Crippen molar-refractivity contribution in [3.8, 4) is 5.75 Å². The van der Waals surface area contributed by atoms with Crippen molar-refractivity contribution < 1.29 is 14.8 Å². The largest absolute Gasteiger partial charge is 0.489 e. The van der Waals surface area contributed by atoms with Gasteiger partial charge < -0.3 is 14.8 Å². The highest BCUT2D eigenvalue weighted by Gasteiger charge is 2.13. The fourth-order valence-corrected chi connectivity index (χ4v) is 2.28. The van der Waals surface area contributed by atoms with E-state index in [1.165, 1.54) is 11.3 Å². The topological polar surface area (TPSA) is 49.7 Å². The van der Waals surface area contributed by atoms with Gasteiger partial charge in [-0.3, -0.25) is 0 Å². The van der Waals surface area contributed by atoms with E-state index in [2.05, 4.69) is 0 Å². The molecule has 5 heteroatoms. The zero-order valence-corrected chi connectivity index (χ0v) is 10.3. The van der Waals surface area contributed by atoms with Crippen LogP contribution < -0.4 is 10.2 Å². The molecule has 0 aliphatic rings. The summed E-state index contributed by atoms with van der Waals surface area (Å²) in [6, 6.07) is 9.55. The molecule has 1 heterocycles. The Morgan fingerprint density at radius 3 is 2.71 bits per heavy atom. The number of ether oxygens (including phenoxy) is 1. The standard InChI is InChI=1S/C12H13BO3S/c1-9-4-2-3-5-12(9)16-7-11-6-10(8-17-11)13(14)15/h2-6,8,14-15H,7H2,1H3. The maximum atomic E-state index is 8.99. The maximum Gasteiger partial charge on any atom is 0.489 e. The van der Waals surface area contributed by atoms with Gasteiger partial charge in [0, 0.05) is 4.88 Å². The quantitative estimate of drug-likeness (QED) is 0.802. The van der Waals surface area contributed by atoms with Gasteiger partial charge in [-0.25, -0.2) is 0 Å². The van der Waals surface area contributed by atoms with Gasteiger partial charge in [-0.15, -0.1) is 11.3 Å². The van der Waals surface area contributed by atoms with Crippen LogP contribution in [-0.2, 0) is 6.61 Å². The summed E-state index contributed by atoms with van der Waals surface area (Å²) >= 11 is 1.46. The van der Waals surface area contributed by atoms with Gasteiger partial charge in [0.15, 0.2) is 0 Å². The lowest BCUT2D eigenvalue weighted by Crippen LogP contribution is -2.27. The lowest BCUT2D eigenvalue weighted by atomic mass is 9.83. The summed E-state index contributed by atoms with van der Waals surface area (Å²) in [7, 11) is -1.40. The number of benzene rings is 1. The zero-order valence-electron chi connectivity index (χ0n) is 9.46. The van der Waals surface area contributed by atoms with Gasteiger partial charge in [0.2, 0.25) is 0 Å². The number of thiophene rings is 1. The van der Waals surface area contributed by atoms with Gasteiger partial charge in [0.05, 0.1) is 0 Å². The van der Waals surface area contributed by atoms with Gasteiger partial charge in [-0.2, -0.15) is 0 Å². The van der Waals surface area contributed by atoms with Crippen LogP contribution in [0.2, 0.25) is 0 Å². The average Bonchev–Trinajstić information content (AvgIpc) is 2.77. The SMILES string of the molecule is Cc1ccccc1OCc1cc(B(O)O)cs1. The molecule has 1 aromatic carbocycles. The van der Waals surface area contributed by atoms with Crippen LogP contribution in [0.1, 0.15) is 10.4 Å². The van der Waals surface area contributed by atoms with Crippen molar-refractivity contribution in [3.05, 3.63) is 46.2 Å². The molecular weight excluding hydrogens is 235 g/mol. The highest BCUT2D eigenvalue weighted by molar-refractivity contribution is 7.11. The van der Waals surface area contributed by atoms with E-state index < -0.39 is 7.12 Å². The van der Waals surface area contributed by atoms with Crippen LogP contribution in [0, 0.1) is 6.92 Å². The Hall–Kier alpha value is -1.30. The highest BCUT2D eigenvalue weighted by atomic mass is 32.1. The Labute approximate surface area is 104 Å². The lowest BCUT2D eigenvalue weighted by molar-refractivity contribution is 0.307. The molecule has 3 nitrogen and oxygen atoms in total. The van der Waals surface area contributed by atoms with Crippen LogP contribution in [0.4, 0.5) is 0 Å². The predicted molar refractivity (Wildman–Crippen MR) is 69.7 cm³/mol. The Bertz CT molecular complexity index is 496. The molecule has 1 aromatic heterocycles.